The normalized spacial score (nSPS) is 20.0. The van der Waals surface area contributed by atoms with E-state index in [1.54, 1.807) is 0 Å². The second-order valence-electron chi connectivity index (χ2n) is 4.34. The molecule has 0 aromatic carbocycles. The Kier molecular flexibility index (Phi) is 2.50. The fourth-order valence-electron chi connectivity index (χ4n) is 2.28. The van der Waals surface area contributed by atoms with Gasteiger partial charge in [-0.25, -0.2) is 4.98 Å². The fraction of sp³-hybridized carbons (Fsp3) is 0.636. The average Bonchev–Trinajstić information content (AvgIpc) is 2.55. The standard InChI is InChI=1S/C11H18N4/c1-3-9-14-10(11(12)13)8-6-7(2)4-5-15(8)9/h7H,3-6H2,1-2H3,(H3,12,13). The van der Waals surface area contributed by atoms with Gasteiger partial charge in [-0.05, 0) is 18.8 Å². The van der Waals surface area contributed by atoms with Crippen molar-refractivity contribution in [2.75, 3.05) is 0 Å². The molecule has 1 aromatic rings. The minimum absolute atomic E-state index is 0.104. The van der Waals surface area contributed by atoms with Crippen molar-refractivity contribution in [1.82, 2.24) is 9.55 Å². The Balaban J connectivity index is 2.50. The fourth-order valence-corrected chi connectivity index (χ4v) is 2.28. The van der Waals surface area contributed by atoms with Crippen molar-refractivity contribution in [3.8, 4) is 0 Å². The van der Waals surface area contributed by atoms with Crippen molar-refractivity contribution < 1.29 is 0 Å². The number of hydrogen-bond donors (Lipinski definition) is 2. The van der Waals surface area contributed by atoms with E-state index < -0.39 is 0 Å². The molecular weight excluding hydrogens is 188 g/mol. The highest BCUT2D eigenvalue weighted by atomic mass is 15.1. The maximum absolute atomic E-state index is 7.53. The summed E-state index contributed by atoms with van der Waals surface area (Å²) in [5.41, 5.74) is 7.43. The van der Waals surface area contributed by atoms with Gasteiger partial charge in [-0.3, -0.25) is 5.41 Å². The SMILES string of the molecule is CCc1nc(C(=N)N)c2n1CCC(C)C2. The third kappa shape index (κ3) is 1.64. The lowest BCUT2D eigenvalue weighted by atomic mass is 9.97. The first-order chi connectivity index (χ1) is 7.13. The average molecular weight is 206 g/mol. The highest BCUT2D eigenvalue weighted by Gasteiger charge is 2.23. The van der Waals surface area contributed by atoms with Crippen LogP contribution in [0, 0.1) is 11.3 Å². The highest BCUT2D eigenvalue weighted by Crippen LogP contribution is 2.24. The van der Waals surface area contributed by atoms with Gasteiger partial charge in [0.2, 0.25) is 0 Å². The summed E-state index contributed by atoms with van der Waals surface area (Å²) in [7, 11) is 0. The number of hydrogen-bond acceptors (Lipinski definition) is 2. The van der Waals surface area contributed by atoms with Crippen LogP contribution in [0.4, 0.5) is 0 Å². The molecule has 15 heavy (non-hydrogen) atoms. The molecule has 2 rings (SSSR count). The zero-order valence-electron chi connectivity index (χ0n) is 9.38. The number of fused-ring (bicyclic) bond motifs is 1. The van der Waals surface area contributed by atoms with E-state index in [1.165, 1.54) is 6.42 Å². The minimum atomic E-state index is 0.104. The lowest BCUT2D eigenvalue weighted by Crippen LogP contribution is -2.21. The van der Waals surface area contributed by atoms with Crippen LogP contribution in [0.25, 0.3) is 0 Å². The molecule has 0 bridgehead atoms. The Hall–Kier alpha value is -1.32. The number of nitrogens with zero attached hydrogens (tertiary/aromatic N) is 2. The summed E-state index contributed by atoms with van der Waals surface area (Å²) in [6.45, 7) is 5.36. The van der Waals surface area contributed by atoms with E-state index >= 15 is 0 Å². The van der Waals surface area contributed by atoms with Crippen LogP contribution >= 0.6 is 0 Å². The molecule has 2 heterocycles. The number of aromatic nitrogens is 2. The second kappa shape index (κ2) is 3.68. The topological polar surface area (TPSA) is 67.7 Å². The van der Waals surface area contributed by atoms with E-state index in [-0.39, 0.29) is 5.84 Å². The van der Waals surface area contributed by atoms with Crippen LogP contribution in [0.2, 0.25) is 0 Å². The van der Waals surface area contributed by atoms with E-state index in [9.17, 15) is 0 Å². The molecule has 1 atom stereocenters. The van der Waals surface area contributed by atoms with Gasteiger partial charge in [0.15, 0.2) is 0 Å². The van der Waals surface area contributed by atoms with E-state index in [4.69, 9.17) is 11.1 Å². The largest absolute Gasteiger partial charge is 0.382 e. The molecule has 0 saturated heterocycles. The lowest BCUT2D eigenvalue weighted by Gasteiger charge is -2.22. The molecule has 0 saturated carbocycles. The van der Waals surface area contributed by atoms with Gasteiger partial charge in [0, 0.05) is 18.7 Å². The van der Waals surface area contributed by atoms with Crippen molar-refractivity contribution in [2.45, 2.75) is 39.7 Å². The maximum atomic E-state index is 7.53. The van der Waals surface area contributed by atoms with Crippen molar-refractivity contribution >= 4 is 5.84 Å². The van der Waals surface area contributed by atoms with Gasteiger partial charge in [-0.2, -0.15) is 0 Å². The number of imidazole rings is 1. The van der Waals surface area contributed by atoms with Gasteiger partial charge in [-0.15, -0.1) is 0 Å². The van der Waals surface area contributed by atoms with Gasteiger partial charge in [0.1, 0.15) is 17.4 Å². The molecule has 4 heteroatoms. The van der Waals surface area contributed by atoms with Gasteiger partial charge >= 0.3 is 0 Å². The summed E-state index contributed by atoms with van der Waals surface area (Å²) in [4.78, 5) is 4.46. The van der Waals surface area contributed by atoms with Gasteiger partial charge in [0.25, 0.3) is 0 Å². The van der Waals surface area contributed by atoms with Crippen LogP contribution in [0.3, 0.4) is 0 Å². The second-order valence-corrected chi connectivity index (χ2v) is 4.34. The lowest BCUT2D eigenvalue weighted by molar-refractivity contribution is 0.409. The van der Waals surface area contributed by atoms with Crippen LogP contribution in [-0.2, 0) is 19.4 Å². The zero-order chi connectivity index (χ0) is 11.0. The molecule has 0 radical (unpaired) electrons. The Morgan fingerprint density at radius 1 is 1.67 bits per heavy atom. The third-order valence-corrected chi connectivity index (χ3v) is 3.11. The van der Waals surface area contributed by atoms with Crippen molar-refractivity contribution in [3.63, 3.8) is 0 Å². The molecule has 1 unspecified atom stereocenters. The van der Waals surface area contributed by atoms with Gasteiger partial charge in [-0.1, -0.05) is 13.8 Å². The number of nitrogen functional groups attached to an aromatic ring is 1. The summed E-state index contributed by atoms with van der Waals surface area (Å²) in [5, 5.41) is 7.53. The van der Waals surface area contributed by atoms with Crippen molar-refractivity contribution in [2.24, 2.45) is 11.7 Å². The third-order valence-electron chi connectivity index (χ3n) is 3.11. The highest BCUT2D eigenvalue weighted by molar-refractivity contribution is 5.94. The Bertz CT molecular complexity index is 392. The van der Waals surface area contributed by atoms with Crippen LogP contribution in [0.5, 0.6) is 0 Å². The first kappa shape index (κ1) is 10.2. The molecule has 0 spiro atoms. The van der Waals surface area contributed by atoms with Gasteiger partial charge in [0.05, 0.1) is 0 Å². The molecule has 1 aromatic heterocycles. The summed E-state index contributed by atoms with van der Waals surface area (Å²) in [6, 6.07) is 0. The number of amidine groups is 1. The van der Waals surface area contributed by atoms with Crippen molar-refractivity contribution in [3.05, 3.63) is 17.2 Å². The molecule has 0 amide bonds. The molecule has 82 valence electrons. The van der Waals surface area contributed by atoms with Crippen molar-refractivity contribution in [1.29, 1.82) is 5.41 Å². The summed E-state index contributed by atoms with van der Waals surface area (Å²) < 4.78 is 2.25. The first-order valence-electron chi connectivity index (χ1n) is 5.56. The van der Waals surface area contributed by atoms with Crippen LogP contribution in [-0.4, -0.2) is 15.4 Å². The molecule has 4 nitrogen and oxygen atoms in total. The zero-order valence-corrected chi connectivity index (χ0v) is 9.38. The Morgan fingerprint density at radius 3 is 3.00 bits per heavy atom. The van der Waals surface area contributed by atoms with E-state index in [0.29, 0.717) is 11.6 Å². The molecule has 1 aliphatic rings. The monoisotopic (exact) mass is 206 g/mol. The first-order valence-corrected chi connectivity index (χ1v) is 5.56. The summed E-state index contributed by atoms with van der Waals surface area (Å²) in [6.07, 6.45) is 3.12. The van der Waals surface area contributed by atoms with E-state index in [1.807, 2.05) is 0 Å². The van der Waals surface area contributed by atoms with Gasteiger partial charge < -0.3 is 10.3 Å². The predicted molar refractivity (Wildman–Crippen MR) is 60.1 cm³/mol. The number of aryl methyl sites for hydroxylation is 1. The molecule has 0 fully saturated rings. The van der Waals surface area contributed by atoms with E-state index in [2.05, 4.69) is 23.4 Å². The number of nitrogens with two attached hydrogens (primary N) is 1. The number of rotatable bonds is 2. The molecular formula is C11H18N4. The maximum Gasteiger partial charge on any atom is 0.143 e. The molecule has 1 aliphatic heterocycles. The Morgan fingerprint density at radius 2 is 2.40 bits per heavy atom. The quantitative estimate of drug-likeness (QED) is 0.566. The predicted octanol–water partition coefficient (Wildman–Crippen LogP) is 1.31. The number of nitrogens with one attached hydrogen (secondary N) is 1. The smallest absolute Gasteiger partial charge is 0.143 e. The summed E-state index contributed by atoms with van der Waals surface area (Å²) in [5.74, 6) is 1.85. The molecule has 0 aliphatic carbocycles. The minimum Gasteiger partial charge on any atom is -0.382 e. The summed E-state index contributed by atoms with van der Waals surface area (Å²) >= 11 is 0. The van der Waals surface area contributed by atoms with Crippen LogP contribution in [0.15, 0.2) is 0 Å². The molecule has 3 N–H and O–H groups in total. The van der Waals surface area contributed by atoms with Crippen LogP contribution in [0.1, 0.15) is 37.5 Å². The van der Waals surface area contributed by atoms with Crippen LogP contribution < -0.4 is 5.73 Å². The van der Waals surface area contributed by atoms with E-state index in [0.717, 1.165) is 30.9 Å². The Labute approximate surface area is 90.0 Å².